The van der Waals surface area contributed by atoms with Gasteiger partial charge in [-0.05, 0) is 60.2 Å². The molecule has 2 rings (SSSR count). The van der Waals surface area contributed by atoms with Crippen molar-refractivity contribution in [2.24, 2.45) is 10.3 Å². The monoisotopic (exact) mass is 497 g/mol. The minimum Gasteiger partial charge on any atom is -0.398 e. The van der Waals surface area contributed by atoms with Gasteiger partial charge in [0.1, 0.15) is 19.5 Å². The number of hydrogen-bond donors (Lipinski definition) is 1. The molecule has 0 fully saturated rings. The molecule has 0 atom stereocenters. The van der Waals surface area contributed by atoms with E-state index < -0.39 is 0 Å². The van der Waals surface area contributed by atoms with Crippen molar-refractivity contribution in [3.8, 4) is 0 Å². The predicted octanol–water partition coefficient (Wildman–Crippen LogP) is 3.78. The smallest absolute Gasteiger partial charge is 0.273 e. The number of nitrogens with zero attached hydrogens (tertiary/aromatic N) is 2. The van der Waals surface area contributed by atoms with E-state index in [0.29, 0.717) is 16.8 Å². The minimum atomic E-state index is -0.380. The largest absolute Gasteiger partial charge is 0.398 e. The fraction of sp³-hybridized carbons (Fsp3) is 0.250. The molecule has 0 saturated heterocycles. The quantitative estimate of drug-likeness (QED) is 0.360. The van der Waals surface area contributed by atoms with E-state index in [9.17, 15) is 9.18 Å². The molecule has 0 radical (unpaired) electrons. The summed E-state index contributed by atoms with van der Waals surface area (Å²) in [6, 6.07) is 10.4. The first-order valence-electron chi connectivity index (χ1n) is 8.43. The van der Waals surface area contributed by atoms with Gasteiger partial charge in [-0.3, -0.25) is 4.79 Å². The number of amides is 1. The maximum atomic E-state index is 14.1. The van der Waals surface area contributed by atoms with Crippen molar-refractivity contribution in [1.29, 1.82) is 0 Å². The van der Waals surface area contributed by atoms with Gasteiger partial charge in [0.15, 0.2) is 5.71 Å². The lowest BCUT2D eigenvalue weighted by molar-refractivity contribution is -0.114. The van der Waals surface area contributed by atoms with Gasteiger partial charge in [0.25, 0.3) is 5.91 Å². The highest BCUT2D eigenvalue weighted by molar-refractivity contribution is 14.1. The van der Waals surface area contributed by atoms with Gasteiger partial charge in [-0.1, -0.05) is 28.5 Å². The zero-order valence-electron chi connectivity index (χ0n) is 16.0. The van der Waals surface area contributed by atoms with Crippen LogP contribution in [0.5, 0.6) is 0 Å². The number of carbonyl (C=O) groups excluding carboxylic acids is 1. The molecular weight excluding hydrogens is 476 g/mol. The van der Waals surface area contributed by atoms with Crippen LogP contribution in [0.25, 0.3) is 0 Å². The maximum absolute atomic E-state index is 14.1. The van der Waals surface area contributed by atoms with Crippen LogP contribution in [0.3, 0.4) is 0 Å². The number of carbonyl (C=O) groups is 1. The Hall–Kier alpha value is -2.49. The molecule has 2 aromatic rings. The van der Waals surface area contributed by atoms with Gasteiger partial charge in [-0.15, -0.1) is 0 Å². The number of nitrogens with one attached hydrogen (secondary N) is 1. The number of halogens is 2. The molecule has 148 valence electrons. The molecular formula is C20H21FIN3O3. The van der Waals surface area contributed by atoms with Crippen molar-refractivity contribution in [1.82, 2.24) is 5.32 Å². The Morgan fingerprint density at radius 1 is 1.21 bits per heavy atom. The average Bonchev–Trinajstić information content (AvgIpc) is 2.66. The Kier molecular flexibility index (Phi) is 7.91. The highest BCUT2D eigenvalue weighted by Gasteiger charge is 2.19. The zero-order chi connectivity index (χ0) is 20.7. The summed E-state index contributed by atoms with van der Waals surface area (Å²) in [5, 5.41) is 10.4. The van der Waals surface area contributed by atoms with Crippen LogP contribution in [-0.4, -0.2) is 31.5 Å². The summed E-state index contributed by atoms with van der Waals surface area (Å²) in [6.07, 6.45) is 0. The lowest BCUT2D eigenvalue weighted by Gasteiger charge is -2.13. The van der Waals surface area contributed by atoms with Gasteiger partial charge in [0.2, 0.25) is 0 Å². The van der Waals surface area contributed by atoms with E-state index in [-0.39, 0.29) is 24.0 Å². The molecule has 0 aliphatic rings. The third-order valence-corrected chi connectivity index (χ3v) is 4.69. The van der Waals surface area contributed by atoms with E-state index in [1.807, 2.05) is 41.6 Å². The second-order valence-corrected chi connectivity index (χ2v) is 7.12. The van der Waals surface area contributed by atoms with Crippen LogP contribution in [0, 0.1) is 16.3 Å². The van der Waals surface area contributed by atoms with Crippen molar-refractivity contribution in [2.45, 2.75) is 20.5 Å². The fourth-order valence-corrected chi connectivity index (χ4v) is 3.02. The van der Waals surface area contributed by atoms with Crippen molar-refractivity contribution >= 4 is 39.9 Å². The Morgan fingerprint density at radius 2 is 1.96 bits per heavy atom. The van der Waals surface area contributed by atoms with Gasteiger partial charge in [-0.25, -0.2) is 4.39 Å². The second kappa shape index (κ2) is 10.2. The summed E-state index contributed by atoms with van der Waals surface area (Å²) >= 11 is 2.04. The lowest BCUT2D eigenvalue weighted by Crippen LogP contribution is -2.29. The molecule has 0 bridgehead atoms. The van der Waals surface area contributed by atoms with Gasteiger partial charge < -0.3 is 15.0 Å². The molecule has 0 unspecified atom stereocenters. The lowest BCUT2D eigenvalue weighted by atomic mass is 9.98. The Bertz CT molecular complexity index is 929. The number of hydrogen-bond acceptors (Lipinski definition) is 5. The summed E-state index contributed by atoms with van der Waals surface area (Å²) in [5.74, 6) is -0.739. The van der Waals surface area contributed by atoms with E-state index in [0.717, 1.165) is 14.7 Å². The average molecular weight is 497 g/mol. The normalized spacial score (nSPS) is 11.9. The number of benzene rings is 2. The number of aryl methyl sites for hydroxylation is 1. The third-order valence-electron chi connectivity index (χ3n) is 4.02. The molecule has 6 nitrogen and oxygen atoms in total. The maximum Gasteiger partial charge on any atom is 0.273 e. The van der Waals surface area contributed by atoms with E-state index in [4.69, 9.17) is 9.68 Å². The van der Waals surface area contributed by atoms with Gasteiger partial charge in [0, 0.05) is 27.3 Å². The first kappa shape index (κ1) is 21.8. The molecule has 0 spiro atoms. The van der Waals surface area contributed by atoms with Crippen molar-refractivity contribution in [3.63, 3.8) is 0 Å². The molecule has 8 heteroatoms. The summed E-state index contributed by atoms with van der Waals surface area (Å²) < 4.78 is 14.9. The highest BCUT2D eigenvalue weighted by Crippen LogP contribution is 2.18. The molecule has 0 aliphatic carbocycles. The minimum absolute atomic E-state index is 0.0884. The van der Waals surface area contributed by atoms with Gasteiger partial charge in [-0.2, -0.15) is 0 Å². The predicted molar refractivity (Wildman–Crippen MR) is 115 cm³/mol. The third kappa shape index (κ3) is 5.28. The van der Waals surface area contributed by atoms with Crippen LogP contribution in [-0.2, 0) is 21.1 Å². The first-order chi connectivity index (χ1) is 13.4. The second-order valence-electron chi connectivity index (χ2n) is 5.88. The summed E-state index contributed by atoms with van der Waals surface area (Å²) in [5.41, 5.74) is 3.14. The van der Waals surface area contributed by atoms with Crippen LogP contribution < -0.4 is 5.32 Å². The standard InChI is InChI=1S/C20H21FIN3O3/c1-12-6-5-7-16(19(25-27-4)20(26)23-3)17(12)11-28-24-13(2)15-9-8-14(22)10-18(15)21/h5-10H,11H2,1-4H3,(H,23,26)/b24-13+,25-19+. The van der Waals surface area contributed by atoms with Crippen LogP contribution in [0.15, 0.2) is 46.7 Å². The number of rotatable bonds is 7. The number of likely N-dealkylation sites (N-methyl/N-ethyl adjacent to an activating group) is 1. The molecule has 1 amide bonds. The molecule has 0 aromatic heterocycles. The Morgan fingerprint density at radius 3 is 2.61 bits per heavy atom. The van der Waals surface area contributed by atoms with E-state index >= 15 is 0 Å². The number of oxime groups is 2. The van der Waals surface area contributed by atoms with Crippen LogP contribution >= 0.6 is 22.6 Å². The van der Waals surface area contributed by atoms with E-state index in [1.165, 1.54) is 20.2 Å². The van der Waals surface area contributed by atoms with Crippen molar-refractivity contribution < 1.29 is 18.9 Å². The van der Waals surface area contributed by atoms with E-state index in [1.54, 1.807) is 25.1 Å². The summed E-state index contributed by atoms with van der Waals surface area (Å²) in [4.78, 5) is 22.5. The van der Waals surface area contributed by atoms with Crippen LogP contribution in [0.4, 0.5) is 4.39 Å². The molecule has 0 saturated carbocycles. The first-order valence-corrected chi connectivity index (χ1v) is 9.51. The van der Waals surface area contributed by atoms with Crippen LogP contribution in [0.2, 0.25) is 0 Å². The topological polar surface area (TPSA) is 72.3 Å². The SMILES string of the molecule is CNC(=O)/C(=N/OC)c1cccc(C)c1CO/N=C(\C)c1ccc(I)cc1F. The summed E-state index contributed by atoms with van der Waals surface area (Å²) in [6.45, 7) is 3.66. The molecule has 1 N–H and O–H groups in total. The highest BCUT2D eigenvalue weighted by atomic mass is 127. The molecule has 0 aliphatic heterocycles. The fourth-order valence-electron chi connectivity index (χ4n) is 2.56. The van der Waals surface area contributed by atoms with Crippen molar-refractivity contribution in [3.05, 3.63) is 68.0 Å². The Labute approximate surface area is 176 Å². The van der Waals surface area contributed by atoms with Crippen molar-refractivity contribution in [2.75, 3.05) is 14.2 Å². The molecule has 2 aromatic carbocycles. The van der Waals surface area contributed by atoms with Gasteiger partial charge >= 0.3 is 0 Å². The molecule has 28 heavy (non-hydrogen) atoms. The Balaban J connectivity index is 2.29. The van der Waals surface area contributed by atoms with Gasteiger partial charge in [0.05, 0.1) is 5.71 Å². The molecule has 0 heterocycles. The summed E-state index contributed by atoms with van der Waals surface area (Å²) in [7, 11) is 2.89. The van der Waals surface area contributed by atoms with E-state index in [2.05, 4.69) is 15.6 Å². The zero-order valence-corrected chi connectivity index (χ0v) is 18.2. The van der Waals surface area contributed by atoms with Crippen LogP contribution in [0.1, 0.15) is 29.2 Å².